The van der Waals surface area contributed by atoms with E-state index < -0.39 is 0 Å². The fourth-order valence-electron chi connectivity index (χ4n) is 1.70. The Kier molecular flexibility index (Phi) is 6.77. The highest BCUT2D eigenvalue weighted by Crippen LogP contribution is 2.15. The lowest BCUT2D eigenvalue weighted by Gasteiger charge is -2.08. The topological polar surface area (TPSA) is 38.3 Å². The molecule has 4 heteroatoms. The first-order valence-electron chi connectivity index (χ1n) is 5.73. The maximum atomic E-state index is 11.3. The molecule has 15 heavy (non-hydrogen) atoms. The number of nitrogens with one attached hydrogen (secondary N) is 1. The standard InChI is InChI=1S/C11H20ClNO2/c12-6-2-1-3-11(14)13-7-4-10-5-8-15-9-10/h10H,1-9H2,(H,13,14). The summed E-state index contributed by atoms with van der Waals surface area (Å²) in [6, 6.07) is 0. The van der Waals surface area contributed by atoms with Gasteiger partial charge < -0.3 is 10.1 Å². The molecule has 3 nitrogen and oxygen atoms in total. The van der Waals surface area contributed by atoms with Crippen molar-refractivity contribution in [2.24, 2.45) is 5.92 Å². The zero-order valence-electron chi connectivity index (χ0n) is 9.14. The third-order valence-electron chi connectivity index (χ3n) is 2.69. The van der Waals surface area contributed by atoms with Gasteiger partial charge in [0.05, 0.1) is 0 Å². The molecular weight excluding hydrogens is 214 g/mol. The molecule has 88 valence electrons. The van der Waals surface area contributed by atoms with Gasteiger partial charge in [0.25, 0.3) is 0 Å². The minimum absolute atomic E-state index is 0.152. The van der Waals surface area contributed by atoms with E-state index in [1.54, 1.807) is 0 Å². The van der Waals surface area contributed by atoms with Crippen LogP contribution in [0.3, 0.4) is 0 Å². The minimum Gasteiger partial charge on any atom is -0.381 e. The van der Waals surface area contributed by atoms with Crippen molar-refractivity contribution >= 4 is 17.5 Å². The molecule has 0 aliphatic carbocycles. The Morgan fingerprint density at radius 2 is 2.33 bits per heavy atom. The summed E-state index contributed by atoms with van der Waals surface area (Å²) in [5.41, 5.74) is 0. The van der Waals surface area contributed by atoms with E-state index in [9.17, 15) is 4.79 Å². The van der Waals surface area contributed by atoms with E-state index in [-0.39, 0.29) is 5.91 Å². The van der Waals surface area contributed by atoms with Crippen molar-refractivity contribution in [3.63, 3.8) is 0 Å². The normalized spacial score (nSPS) is 20.5. The Morgan fingerprint density at radius 1 is 1.47 bits per heavy atom. The average molecular weight is 234 g/mol. The van der Waals surface area contributed by atoms with Gasteiger partial charge in [-0.25, -0.2) is 0 Å². The largest absolute Gasteiger partial charge is 0.381 e. The van der Waals surface area contributed by atoms with Crippen LogP contribution in [-0.2, 0) is 9.53 Å². The van der Waals surface area contributed by atoms with Crippen LogP contribution in [0.15, 0.2) is 0 Å². The van der Waals surface area contributed by atoms with Gasteiger partial charge >= 0.3 is 0 Å². The maximum absolute atomic E-state index is 11.3. The molecule has 0 aromatic carbocycles. The lowest BCUT2D eigenvalue weighted by Crippen LogP contribution is -2.25. The Balaban J connectivity index is 1.91. The molecule has 1 N–H and O–H groups in total. The van der Waals surface area contributed by atoms with Gasteiger partial charge in [0.2, 0.25) is 5.91 Å². The monoisotopic (exact) mass is 233 g/mol. The summed E-state index contributed by atoms with van der Waals surface area (Å²) in [7, 11) is 0. The number of unbranched alkanes of at least 4 members (excludes halogenated alkanes) is 1. The zero-order chi connectivity index (χ0) is 10.9. The molecule has 1 heterocycles. The average Bonchev–Trinajstić information content (AvgIpc) is 2.71. The highest BCUT2D eigenvalue weighted by atomic mass is 35.5. The van der Waals surface area contributed by atoms with E-state index >= 15 is 0 Å². The van der Waals surface area contributed by atoms with Crippen LogP contribution >= 0.6 is 11.6 Å². The number of ether oxygens (including phenoxy) is 1. The molecular formula is C11H20ClNO2. The second kappa shape index (κ2) is 7.94. The van der Waals surface area contributed by atoms with E-state index in [4.69, 9.17) is 16.3 Å². The number of halogens is 1. The summed E-state index contributed by atoms with van der Waals surface area (Å²) >= 11 is 5.53. The van der Waals surface area contributed by atoms with E-state index in [2.05, 4.69) is 5.32 Å². The molecule has 0 aromatic heterocycles. The van der Waals surface area contributed by atoms with Gasteiger partial charge in [0.15, 0.2) is 0 Å². The molecule has 0 spiro atoms. The van der Waals surface area contributed by atoms with Crippen molar-refractivity contribution < 1.29 is 9.53 Å². The smallest absolute Gasteiger partial charge is 0.219 e. The van der Waals surface area contributed by atoms with E-state index in [0.29, 0.717) is 18.2 Å². The second-order valence-electron chi connectivity index (χ2n) is 4.01. The summed E-state index contributed by atoms with van der Waals surface area (Å²) in [4.78, 5) is 11.3. The maximum Gasteiger partial charge on any atom is 0.219 e. The van der Waals surface area contributed by atoms with Crippen LogP contribution in [0.5, 0.6) is 0 Å². The minimum atomic E-state index is 0.152. The number of hydrogen-bond donors (Lipinski definition) is 1. The van der Waals surface area contributed by atoms with Crippen LogP contribution in [0.1, 0.15) is 32.1 Å². The molecule has 1 atom stereocenters. The van der Waals surface area contributed by atoms with Crippen molar-refractivity contribution in [3.05, 3.63) is 0 Å². The number of hydrogen-bond acceptors (Lipinski definition) is 2. The van der Waals surface area contributed by atoms with Crippen molar-refractivity contribution in [1.29, 1.82) is 0 Å². The van der Waals surface area contributed by atoms with Crippen LogP contribution < -0.4 is 5.32 Å². The number of rotatable bonds is 7. The SMILES string of the molecule is O=C(CCCCCl)NCCC1CCOC1. The van der Waals surface area contributed by atoms with Gasteiger partial charge in [-0.3, -0.25) is 4.79 Å². The van der Waals surface area contributed by atoms with Crippen molar-refractivity contribution in [1.82, 2.24) is 5.32 Å². The molecule has 1 saturated heterocycles. The first-order chi connectivity index (χ1) is 7.33. The lowest BCUT2D eigenvalue weighted by atomic mass is 10.1. The van der Waals surface area contributed by atoms with Gasteiger partial charge in [-0.15, -0.1) is 11.6 Å². The van der Waals surface area contributed by atoms with E-state index in [0.717, 1.165) is 45.4 Å². The van der Waals surface area contributed by atoms with Gasteiger partial charge in [0.1, 0.15) is 0 Å². The third-order valence-corrected chi connectivity index (χ3v) is 2.95. The van der Waals surface area contributed by atoms with Gasteiger partial charge in [-0.05, 0) is 31.6 Å². The number of amides is 1. The molecule has 0 aromatic rings. The van der Waals surface area contributed by atoms with Crippen molar-refractivity contribution in [2.45, 2.75) is 32.1 Å². The van der Waals surface area contributed by atoms with Crippen molar-refractivity contribution in [2.75, 3.05) is 25.6 Å². The number of carbonyl (C=O) groups excluding carboxylic acids is 1. The number of alkyl halides is 1. The highest BCUT2D eigenvalue weighted by molar-refractivity contribution is 6.17. The van der Waals surface area contributed by atoms with Crippen LogP contribution in [0.2, 0.25) is 0 Å². The fourth-order valence-corrected chi connectivity index (χ4v) is 1.88. The molecule has 0 radical (unpaired) electrons. The second-order valence-corrected chi connectivity index (χ2v) is 4.39. The molecule has 0 saturated carbocycles. The van der Waals surface area contributed by atoms with E-state index in [1.165, 1.54) is 0 Å². The predicted molar refractivity (Wildman–Crippen MR) is 61.1 cm³/mol. The Labute approximate surface area is 96.5 Å². The Morgan fingerprint density at radius 3 is 3.00 bits per heavy atom. The highest BCUT2D eigenvalue weighted by Gasteiger charge is 2.15. The van der Waals surface area contributed by atoms with Crippen LogP contribution in [0.4, 0.5) is 0 Å². The Hall–Kier alpha value is -0.280. The van der Waals surface area contributed by atoms with Crippen molar-refractivity contribution in [3.8, 4) is 0 Å². The van der Waals surface area contributed by atoms with Gasteiger partial charge in [-0.1, -0.05) is 0 Å². The van der Waals surface area contributed by atoms with Crippen LogP contribution in [0, 0.1) is 5.92 Å². The summed E-state index contributed by atoms with van der Waals surface area (Å²) in [6.45, 7) is 2.53. The number of carbonyl (C=O) groups is 1. The molecule has 1 amide bonds. The van der Waals surface area contributed by atoms with Gasteiger partial charge in [0, 0.05) is 32.1 Å². The zero-order valence-corrected chi connectivity index (χ0v) is 9.89. The quantitative estimate of drug-likeness (QED) is 0.539. The van der Waals surface area contributed by atoms with Crippen LogP contribution in [-0.4, -0.2) is 31.5 Å². The predicted octanol–water partition coefficient (Wildman–Crippen LogP) is 1.94. The summed E-state index contributed by atoms with van der Waals surface area (Å²) in [5.74, 6) is 1.44. The lowest BCUT2D eigenvalue weighted by molar-refractivity contribution is -0.121. The molecule has 1 unspecified atom stereocenters. The van der Waals surface area contributed by atoms with E-state index in [1.807, 2.05) is 0 Å². The molecule has 0 bridgehead atoms. The molecule has 1 fully saturated rings. The summed E-state index contributed by atoms with van der Waals surface area (Å²) < 4.78 is 5.27. The van der Waals surface area contributed by atoms with Crippen LogP contribution in [0.25, 0.3) is 0 Å². The fraction of sp³-hybridized carbons (Fsp3) is 0.909. The first kappa shape index (κ1) is 12.8. The summed E-state index contributed by atoms with van der Waals surface area (Å²) in [6.07, 6.45) is 4.60. The third kappa shape index (κ3) is 6.00. The van der Waals surface area contributed by atoms with Gasteiger partial charge in [-0.2, -0.15) is 0 Å². The summed E-state index contributed by atoms with van der Waals surface area (Å²) in [5, 5.41) is 2.93. The Bertz CT molecular complexity index is 181. The molecule has 1 rings (SSSR count). The molecule has 1 aliphatic rings. The first-order valence-corrected chi connectivity index (χ1v) is 6.27. The molecule has 1 aliphatic heterocycles.